The first kappa shape index (κ1) is 26.1. The maximum absolute atomic E-state index is 13.5. The minimum Gasteiger partial charge on any atom is -0.356 e. The first-order valence-corrected chi connectivity index (χ1v) is 13.0. The highest BCUT2D eigenvalue weighted by molar-refractivity contribution is 6.30. The molecule has 0 saturated carbocycles. The Morgan fingerprint density at radius 1 is 0.923 bits per heavy atom. The molecule has 0 fully saturated rings. The number of amides is 1. The first-order chi connectivity index (χ1) is 18.9. The number of benzene rings is 2. The lowest BCUT2D eigenvalue weighted by molar-refractivity contribution is -0.121. The number of aromatic nitrogens is 4. The van der Waals surface area contributed by atoms with Gasteiger partial charge in [0.05, 0.1) is 23.1 Å². The molecule has 0 aliphatic rings. The Labute approximate surface area is 227 Å². The number of para-hydroxylation sites is 1. The van der Waals surface area contributed by atoms with Gasteiger partial charge >= 0.3 is 5.69 Å². The molecule has 5 aromatic rings. The average Bonchev–Trinajstić information content (AvgIpc) is 2.94. The predicted molar refractivity (Wildman–Crippen MR) is 150 cm³/mol. The van der Waals surface area contributed by atoms with Crippen molar-refractivity contribution in [1.29, 1.82) is 0 Å². The normalized spacial score (nSPS) is 11.2. The zero-order valence-electron chi connectivity index (χ0n) is 21.0. The third kappa shape index (κ3) is 5.83. The highest BCUT2D eigenvalue weighted by atomic mass is 35.5. The summed E-state index contributed by atoms with van der Waals surface area (Å²) in [4.78, 5) is 56.1. The molecule has 0 atom stereocenters. The van der Waals surface area contributed by atoms with Gasteiger partial charge in [-0.15, -0.1) is 0 Å². The van der Waals surface area contributed by atoms with Gasteiger partial charge in [-0.2, -0.15) is 0 Å². The lowest BCUT2D eigenvalue weighted by Gasteiger charge is -2.14. The number of pyridine rings is 1. The molecule has 5 rings (SSSR count). The Morgan fingerprint density at radius 2 is 1.69 bits per heavy atom. The van der Waals surface area contributed by atoms with Crippen LogP contribution in [-0.4, -0.2) is 31.0 Å². The molecule has 0 bridgehead atoms. The molecular formula is C29H26ClN5O4. The summed E-state index contributed by atoms with van der Waals surface area (Å²) in [5.41, 5.74) is 1.20. The Balaban J connectivity index is 1.33. The van der Waals surface area contributed by atoms with Gasteiger partial charge < -0.3 is 5.32 Å². The summed E-state index contributed by atoms with van der Waals surface area (Å²) >= 11 is 5.90. The van der Waals surface area contributed by atoms with Crippen molar-refractivity contribution in [3.63, 3.8) is 0 Å². The van der Waals surface area contributed by atoms with Crippen LogP contribution >= 0.6 is 11.6 Å². The van der Waals surface area contributed by atoms with Gasteiger partial charge in [-0.05, 0) is 54.8 Å². The Kier molecular flexibility index (Phi) is 7.69. The number of rotatable bonds is 9. The van der Waals surface area contributed by atoms with E-state index < -0.39 is 11.2 Å². The monoisotopic (exact) mass is 543 g/mol. The number of carbonyl (C=O) groups excluding carboxylic acids is 1. The molecule has 1 N–H and O–H groups in total. The van der Waals surface area contributed by atoms with Crippen LogP contribution in [-0.2, 0) is 24.3 Å². The van der Waals surface area contributed by atoms with Gasteiger partial charge in [0.25, 0.3) is 11.1 Å². The second-order valence-electron chi connectivity index (χ2n) is 9.19. The van der Waals surface area contributed by atoms with E-state index >= 15 is 0 Å². The van der Waals surface area contributed by atoms with E-state index in [2.05, 4.69) is 10.3 Å². The largest absolute Gasteiger partial charge is 0.356 e. The van der Waals surface area contributed by atoms with Crippen LogP contribution in [0.25, 0.3) is 16.6 Å². The number of halogens is 1. The van der Waals surface area contributed by atoms with Crippen LogP contribution in [0.5, 0.6) is 0 Å². The molecule has 3 aromatic heterocycles. The van der Waals surface area contributed by atoms with Crippen molar-refractivity contribution in [2.24, 2.45) is 0 Å². The summed E-state index contributed by atoms with van der Waals surface area (Å²) in [5, 5.41) is 3.91. The number of hydrogen-bond donors (Lipinski definition) is 1. The van der Waals surface area contributed by atoms with Crippen LogP contribution in [0.3, 0.4) is 0 Å². The molecule has 0 radical (unpaired) electrons. The SMILES string of the molecule is O=C(CCCn1c(=O)c2ccccc2n(Cc2cc(=O)n3ccccc3n2)c1=O)NCCc1ccc(Cl)cc1. The quantitative estimate of drug-likeness (QED) is 0.307. The third-order valence-corrected chi connectivity index (χ3v) is 6.76. The fourth-order valence-corrected chi connectivity index (χ4v) is 4.68. The molecule has 1 amide bonds. The molecule has 0 spiro atoms. The van der Waals surface area contributed by atoms with Crippen molar-refractivity contribution < 1.29 is 4.79 Å². The molecular weight excluding hydrogens is 518 g/mol. The summed E-state index contributed by atoms with van der Waals surface area (Å²) in [7, 11) is 0. The fraction of sp³-hybridized carbons (Fsp3) is 0.207. The summed E-state index contributed by atoms with van der Waals surface area (Å²) in [5.74, 6) is -0.154. The van der Waals surface area contributed by atoms with E-state index in [0.29, 0.717) is 46.7 Å². The maximum Gasteiger partial charge on any atom is 0.331 e. The van der Waals surface area contributed by atoms with E-state index in [4.69, 9.17) is 11.6 Å². The van der Waals surface area contributed by atoms with Gasteiger partial charge in [-0.1, -0.05) is 41.9 Å². The molecule has 0 saturated heterocycles. The molecule has 0 aliphatic heterocycles. The Hall–Kier alpha value is -4.50. The number of nitrogens with zero attached hydrogens (tertiary/aromatic N) is 4. The lowest BCUT2D eigenvalue weighted by atomic mass is 10.1. The molecule has 0 unspecified atom stereocenters. The van der Waals surface area contributed by atoms with Gasteiger partial charge in [0.1, 0.15) is 5.65 Å². The number of carbonyl (C=O) groups is 1. The Bertz CT molecular complexity index is 1840. The average molecular weight is 544 g/mol. The molecule has 0 aliphatic carbocycles. The van der Waals surface area contributed by atoms with Crippen LogP contribution in [0.15, 0.2) is 93.4 Å². The number of nitrogens with one attached hydrogen (secondary N) is 1. The standard InChI is InChI=1S/C29H26ClN5O4/c30-21-12-10-20(11-13-21)14-15-31-26(36)9-5-17-34-28(38)23-6-1-2-7-24(23)35(29(34)39)19-22-18-27(37)33-16-4-3-8-25(33)32-22/h1-4,6-8,10-13,16,18H,5,9,14-15,17,19H2,(H,31,36). The third-order valence-electron chi connectivity index (χ3n) is 6.51. The van der Waals surface area contributed by atoms with Crippen molar-refractivity contribution in [2.75, 3.05) is 6.54 Å². The van der Waals surface area contributed by atoms with Crippen LogP contribution in [0, 0.1) is 0 Å². The van der Waals surface area contributed by atoms with Gasteiger partial charge in [0, 0.05) is 36.8 Å². The van der Waals surface area contributed by atoms with E-state index in [1.807, 2.05) is 12.1 Å². The summed E-state index contributed by atoms with van der Waals surface area (Å²) in [6.45, 7) is 0.578. The highest BCUT2D eigenvalue weighted by Gasteiger charge is 2.15. The second-order valence-corrected chi connectivity index (χ2v) is 9.62. The van der Waals surface area contributed by atoms with Crippen molar-refractivity contribution in [3.8, 4) is 0 Å². The van der Waals surface area contributed by atoms with Crippen molar-refractivity contribution >= 4 is 34.1 Å². The Morgan fingerprint density at radius 3 is 2.51 bits per heavy atom. The second kappa shape index (κ2) is 11.5. The summed E-state index contributed by atoms with van der Waals surface area (Å²) < 4.78 is 4.02. The van der Waals surface area contributed by atoms with E-state index in [0.717, 1.165) is 10.1 Å². The van der Waals surface area contributed by atoms with E-state index in [1.165, 1.54) is 15.0 Å². The van der Waals surface area contributed by atoms with Gasteiger partial charge in [0.2, 0.25) is 5.91 Å². The highest BCUT2D eigenvalue weighted by Crippen LogP contribution is 2.11. The topological polar surface area (TPSA) is 107 Å². The summed E-state index contributed by atoms with van der Waals surface area (Å²) in [6, 6.07) is 20.9. The fourth-order valence-electron chi connectivity index (χ4n) is 4.55. The summed E-state index contributed by atoms with van der Waals surface area (Å²) in [6.07, 6.45) is 2.78. The molecule has 2 aromatic carbocycles. The van der Waals surface area contributed by atoms with Gasteiger partial charge in [0.15, 0.2) is 0 Å². The zero-order chi connectivity index (χ0) is 27.4. The van der Waals surface area contributed by atoms with E-state index in [1.54, 1.807) is 60.8 Å². The molecule has 198 valence electrons. The van der Waals surface area contributed by atoms with Crippen LogP contribution in [0.4, 0.5) is 0 Å². The van der Waals surface area contributed by atoms with E-state index in [-0.39, 0.29) is 31.0 Å². The number of hydrogen-bond acceptors (Lipinski definition) is 5. The van der Waals surface area contributed by atoms with Crippen LogP contribution in [0.2, 0.25) is 5.02 Å². The molecule has 3 heterocycles. The number of fused-ring (bicyclic) bond motifs is 2. The molecule has 9 nitrogen and oxygen atoms in total. The first-order valence-electron chi connectivity index (χ1n) is 12.6. The van der Waals surface area contributed by atoms with Gasteiger partial charge in [-0.3, -0.25) is 27.9 Å². The smallest absolute Gasteiger partial charge is 0.331 e. The minimum atomic E-state index is -0.517. The molecule has 10 heteroatoms. The van der Waals surface area contributed by atoms with Crippen molar-refractivity contribution in [1.82, 2.24) is 23.8 Å². The lowest BCUT2D eigenvalue weighted by Crippen LogP contribution is -2.40. The predicted octanol–water partition coefficient (Wildman–Crippen LogP) is 3.01. The van der Waals surface area contributed by atoms with Crippen LogP contribution < -0.4 is 22.1 Å². The van der Waals surface area contributed by atoms with Crippen molar-refractivity contribution in [3.05, 3.63) is 126 Å². The van der Waals surface area contributed by atoms with Crippen molar-refractivity contribution in [2.45, 2.75) is 32.4 Å². The van der Waals surface area contributed by atoms with E-state index in [9.17, 15) is 19.2 Å². The maximum atomic E-state index is 13.5. The van der Waals surface area contributed by atoms with Crippen LogP contribution in [0.1, 0.15) is 24.1 Å². The minimum absolute atomic E-state index is 0.0193. The van der Waals surface area contributed by atoms with Gasteiger partial charge in [-0.25, -0.2) is 9.78 Å². The molecule has 39 heavy (non-hydrogen) atoms. The zero-order valence-corrected chi connectivity index (χ0v) is 21.8.